The SMILES string of the molecule is CCNCC1CCC(C)(C)CC1Cc1ccn(C)n1. The van der Waals surface area contributed by atoms with E-state index in [0.29, 0.717) is 5.41 Å². The van der Waals surface area contributed by atoms with Gasteiger partial charge in [-0.25, -0.2) is 0 Å². The molecule has 1 heterocycles. The highest BCUT2D eigenvalue weighted by atomic mass is 15.2. The summed E-state index contributed by atoms with van der Waals surface area (Å²) in [5.74, 6) is 1.59. The van der Waals surface area contributed by atoms with E-state index in [4.69, 9.17) is 0 Å². The first kappa shape index (κ1) is 14.6. The third-order valence-electron chi connectivity index (χ3n) is 4.57. The van der Waals surface area contributed by atoms with Crippen molar-refractivity contribution in [3.63, 3.8) is 0 Å². The maximum atomic E-state index is 4.56. The minimum absolute atomic E-state index is 0.502. The number of aromatic nitrogens is 2. The Morgan fingerprint density at radius 3 is 2.84 bits per heavy atom. The van der Waals surface area contributed by atoms with E-state index >= 15 is 0 Å². The van der Waals surface area contributed by atoms with E-state index in [2.05, 4.69) is 43.4 Å². The van der Waals surface area contributed by atoms with Crippen LogP contribution in [0.1, 0.15) is 45.7 Å². The van der Waals surface area contributed by atoms with Crippen LogP contribution in [0.4, 0.5) is 0 Å². The maximum Gasteiger partial charge on any atom is 0.0627 e. The Hall–Kier alpha value is -0.830. The van der Waals surface area contributed by atoms with Crippen LogP contribution in [0.3, 0.4) is 0 Å². The molecule has 3 heteroatoms. The molecule has 2 atom stereocenters. The fourth-order valence-corrected chi connectivity index (χ4v) is 3.47. The van der Waals surface area contributed by atoms with Gasteiger partial charge in [0.05, 0.1) is 5.69 Å². The highest BCUT2D eigenvalue weighted by molar-refractivity contribution is 5.02. The first-order valence-electron chi connectivity index (χ1n) is 7.69. The second-order valence-electron chi connectivity index (χ2n) is 6.92. The molecule has 0 aromatic carbocycles. The summed E-state index contributed by atoms with van der Waals surface area (Å²) in [6.45, 7) is 9.28. The molecule has 1 aliphatic carbocycles. The van der Waals surface area contributed by atoms with Crippen LogP contribution in [-0.4, -0.2) is 22.9 Å². The largest absolute Gasteiger partial charge is 0.317 e. The molecule has 0 saturated heterocycles. The molecule has 1 N–H and O–H groups in total. The first-order chi connectivity index (χ1) is 9.00. The van der Waals surface area contributed by atoms with Gasteiger partial charge in [-0.15, -0.1) is 0 Å². The molecule has 0 spiro atoms. The third kappa shape index (κ3) is 4.07. The Labute approximate surface area is 117 Å². The quantitative estimate of drug-likeness (QED) is 0.885. The van der Waals surface area contributed by atoms with Gasteiger partial charge in [0.1, 0.15) is 0 Å². The molecule has 0 amide bonds. The Morgan fingerprint density at radius 1 is 1.42 bits per heavy atom. The van der Waals surface area contributed by atoms with E-state index in [0.717, 1.165) is 24.8 Å². The van der Waals surface area contributed by atoms with E-state index in [-0.39, 0.29) is 0 Å². The monoisotopic (exact) mass is 263 g/mol. The summed E-state index contributed by atoms with van der Waals surface area (Å²) >= 11 is 0. The molecule has 2 unspecified atom stereocenters. The number of nitrogens with one attached hydrogen (secondary N) is 1. The normalized spacial score (nSPS) is 26.5. The minimum Gasteiger partial charge on any atom is -0.317 e. The van der Waals surface area contributed by atoms with Crippen molar-refractivity contribution in [2.24, 2.45) is 24.3 Å². The molecular formula is C16H29N3. The van der Waals surface area contributed by atoms with Gasteiger partial charge in [0, 0.05) is 13.2 Å². The van der Waals surface area contributed by atoms with Crippen LogP contribution < -0.4 is 5.32 Å². The molecule has 0 bridgehead atoms. The summed E-state index contributed by atoms with van der Waals surface area (Å²) in [5.41, 5.74) is 1.76. The summed E-state index contributed by atoms with van der Waals surface area (Å²) < 4.78 is 1.92. The number of nitrogens with zero attached hydrogens (tertiary/aromatic N) is 2. The topological polar surface area (TPSA) is 29.9 Å². The molecule has 1 aromatic rings. The highest BCUT2D eigenvalue weighted by Gasteiger charge is 2.34. The van der Waals surface area contributed by atoms with Crippen molar-refractivity contribution in [3.05, 3.63) is 18.0 Å². The van der Waals surface area contributed by atoms with Crippen LogP contribution in [0.5, 0.6) is 0 Å². The Kier molecular flexibility index (Phi) is 4.67. The molecule has 2 rings (SSSR count). The number of hydrogen-bond donors (Lipinski definition) is 1. The van der Waals surface area contributed by atoms with Crippen LogP contribution >= 0.6 is 0 Å². The van der Waals surface area contributed by atoms with Crippen molar-refractivity contribution >= 4 is 0 Å². The number of hydrogen-bond acceptors (Lipinski definition) is 2. The van der Waals surface area contributed by atoms with Gasteiger partial charge in [0.2, 0.25) is 0 Å². The zero-order valence-corrected chi connectivity index (χ0v) is 12.9. The lowest BCUT2D eigenvalue weighted by Crippen LogP contribution is -2.37. The summed E-state index contributed by atoms with van der Waals surface area (Å²) in [4.78, 5) is 0. The van der Waals surface area contributed by atoms with Gasteiger partial charge >= 0.3 is 0 Å². The molecule has 1 aliphatic rings. The predicted molar refractivity (Wildman–Crippen MR) is 80.1 cm³/mol. The van der Waals surface area contributed by atoms with E-state index in [1.165, 1.54) is 31.5 Å². The maximum absolute atomic E-state index is 4.56. The Bertz CT molecular complexity index is 394. The van der Waals surface area contributed by atoms with Crippen molar-refractivity contribution in [3.8, 4) is 0 Å². The van der Waals surface area contributed by atoms with Gasteiger partial charge in [-0.05, 0) is 62.1 Å². The summed E-state index contributed by atoms with van der Waals surface area (Å²) in [6.07, 6.45) is 7.25. The average molecular weight is 263 g/mol. The molecule has 108 valence electrons. The lowest BCUT2D eigenvalue weighted by atomic mass is 9.66. The van der Waals surface area contributed by atoms with Crippen LogP contribution in [0.25, 0.3) is 0 Å². The lowest BCUT2D eigenvalue weighted by Gasteiger charge is -2.41. The molecule has 0 aliphatic heterocycles. The van der Waals surface area contributed by atoms with Crippen molar-refractivity contribution in [1.29, 1.82) is 0 Å². The van der Waals surface area contributed by atoms with Crippen molar-refractivity contribution < 1.29 is 0 Å². The van der Waals surface area contributed by atoms with Gasteiger partial charge in [0.15, 0.2) is 0 Å². The summed E-state index contributed by atoms with van der Waals surface area (Å²) in [6, 6.07) is 2.17. The molecule has 3 nitrogen and oxygen atoms in total. The fourth-order valence-electron chi connectivity index (χ4n) is 3.47. The third-order valence-corrected chi connectivity index (χ3v) is 4.57. The lowest BCUT2D eigenvalue weighted by molar-refractivity contribution is 0.115. The smallest absolute Gasteiger partial charge is 0.0627 e. The zero-order chi connectivity index (χ0) is 13.9. The van der Waals surface area contributed by atoms with Gasteiger partial charge in [-0.2, -0.15) is 5.10 Å². The average Bonchev–Trinajstić information content (AvgIpc) is 2.73. The van der Waals surface area contributed by atoms with Crippen molar-refractivity contribution in [1.82, 2.24) is 15.1 Å². The molecule has 1 fully saturated rings. The van der Waals surface area contributed by atoms with Crippen LogP contribution in [0, 0.1) is 17.3 Å². The van der Waals surface area contributed by atoms with Crippen LogP contribution in [0.15, 0.2) is 12.3 Å². The molecule has 0 radical (unpaired) electrons. The van der Waals surface area contributed by atoms with Gasteiger partial charge in [-0.1, -0.05) is 20.8 Å². The van der Waals surface area contributed by atoms with Crippen LogP contribution in [-0.2, 0) is 13.5 Å². The standard InChI is InChI=1S/C16H29N3/c1-5-17-12-13-6-8-16(2,3)11-14(13)10-15-7-9-19(4)18-15/h7,9,13-14,17H,5-6,8,10-12H2,1-4H3. The van der Waals surface area contributed by atoms with Crippen LogP contribution in [0.2, 0.25) is 0 Å². The Balaban J connectivity index is 2.02. The van der Waals surface area contributed by atoms with Gasteiger partial charge in [0.25, 0.3) is 0 Å². The minimum atomic E-state index is 0.502. The summed E-state index contributed by atoms with van der Waals surface area (Å²) in [5, 5.41) is 8.10. The van der Waals surface area contributed by atoms with E-state index in [9.17, 15) is 0 Å². The van der Waals surface area contributed by atoms with Gasteiger partial charge in [-0.3, -0.25) is 4.68 Å². The van der Waals surface area contributed by atoms with Gasteiger partial charge < -0.3 is 5.32 Å². The van der Waals surface area contributed by atoms with E-state index in [1.807, 2.05) is 11.7 Å². The van der Waals surface area contributed by atoms with Crippen molar-refractivity contribution in [2.45, 2.75) is 46.5 Å². The molecule has 19 heavy (non-hydrogen) atoms. The van der Waals surface area contributed by atoms with E-state index < -0.39 is 0 Å². The van der Waals surface area contributed by atoms with E-state index in [1.54, 1.807) is 0 Å². The highest BCUT2D eigenvalue weighted by Crippen LogP contribution is 2.42. The number of rotatable bonds is 5. The predicted octanol–water partition coefficient (Wildman–Crippen LogP) is 3.01. The molecular weight excluding hydrogens is 234 g/mol. The second kappa shape index (κ2) is 6.08. The molecule has 1 aromatic heterocycles. The molecule has 1 saturated carbocycles. The number of aryl methyl sites for hydroxylation is 1. The summed E-state index contributed by atoms with van der Waals surface area (Å²) in [7, 11) is 2.00. The Morgan fingerprint density at radius 2 is 2.21 bits per heavy atom. The van der Waals surface area contributed by atoms with Crippen molar-refractivity contribution in [2.75, 3.05) is 13.1 Å². The first-order valence-corrected chi connectivity index (χ1v) is 7.69. The fraction of sp³-hybridized carbons (Fsp3) is 0.812. The second-order valence-corrected chi connectivity index (χ2v) is 6.92. The zero-order valence-electron chi connectivity index (χ0n) is 12.9.